The van der Waals surface area contributed by atoms with Gasteiger partial charge in [0.2, 0.25) is 0 Å². The molecule has 0 saturated carbocycles. The van der Waals surface area contributed by atoms with Crippen LogP contribution in [-0.4, -0.2) is 27.9 Å². The molecule has 3 aromatic rings. The van der Waals surface area contributed by atoms with Gasteiger partial charge in [-0.05, 0) is 47.4 Å². The molecular weight excluding hydrogens is 576 g/mol. The maximum atomic E-state index is 11.5. The maximum Gasteiger partial charge on any atom is 0.512 e. The van der Waals surface area contributed by atoms with Crippen LogP contribution in [0.2, 0.25) is 0 Å². The van der Waals surface area contributed by atoms with Crippen LogP contribution in [0.4, 0.5) is 26.3 Å². The van der Waals surface area contributed by atoms with Crippen LogP contribution in [0.5, 0.6) is 0 Å². The fourth-order valence-corrected chi connectivity index (χ4v) is 6.85. The molecular formula is C24H24F6NO4S3+. The number of hydrogen-bond donors (Lipinski definition) is 1. The molecule has 0 aliphatic rings. The number of benzene rings is 3. The van der Waals surface area contributed by atoms with E-state index in [1.807, 2.05) is 0 Å². The first-order valence-corrected chi connectivity index (χ1v) is 14.8. The zero-order valence-electron chi connectivity index (χ0n) is 20.2. The Kier molecular flexibility index (Phi) is 9.73. The Bertz CT molecular complexity index is 1320. The highest BCUT2D eigenvalue weighted by atomic mass is 32.3. The van der Waals surface area contributed by atoms with E-state index in [2.05, 4.69) is 106 Å². The van der Waals surface area contributed by atoms with Crippen molar-refractivity contribution in [1.82, 2.24) is 4.13 Å². The molecule has 1 N–H and O–H groups in total. The fraction of sp³-hybridized carbons (Fsp3) is 0.250. The van der Waals surface area contributed by atoms with Gasteiger partial charge in [-0.1, -0.05) is 73.4 Å². The molecule has 0 saturated heterocycles. The average Bonchev–Trinajstić information content (AvgIpc) is 2.79. The van der Waals surface area contributed by atoms with Crippen LogP contribution < -0.4 is 4.13 Å². The topological polar surface area (TPSA) is 80.3 Å². The molecule has 5 nitrogen and oxygen atoms in total. The van der Waals surface area contributed by atoms with E-state index in [1.54, 1.807) is 0 Å². The smallest absolute Gasteiger partial charge is 0.202 e. The van der Waals surface area contributed by atoms with E-state index in [-0.39, 0.29) is 16.3 Å². The summed E-state index contributed by atoms with van der Waals surface area (Å²) in [5, 5.41) is 0. The Morgan fingerprint density at radius 1 is 0.553 bits per heavy atom. The third-order valence-corrected chi connectivity index (χ3v) is 9.95. The zero-order valence-corrected chi connectivity index (χ0v) is 22.7. The molecule has 3 aromatic carbocycles. The third-order valence-electron chi connectivity index (χ3n) is 4.74. The summed E-state index contributed by atoms with van der Waals surface area (Å²) in [5.41, 5.74) is -10.7. The molecule has 0 aromatic heterocycles. The van der Waals surface area contributed by atoms with Gasteiger partial charge in [0.15, 0.2) is 14.7 Å². The monoisotopic (exact) mass is 600 g/mol. The summed E-state index contributed by atoms with van der Waals surface area (Å²) >= 11 is 0. The number of hydrogen-bond acceptors (Lipinski definition) is 4. The van der Waals surface area contributed by atoms with Gasteiger partial charge in [0.1, 0.15) is 0 Å². The molecule has 0 aliphatic heterocycles. The predicted molar refractivity (Wildman–Crippen MR) is 133 cm³/mol. The average molecular weight is 601 g/mol. The van der Waals surface area contributed by atoms with Gasteiger partial charge < -0.3 is 0 Å². The molecule has 0 fully saturated rings. The Balaban J connectivity index is 0.000000296. The van der Waals surface area contributed by atoms with Crippen molar-refractivity contribution in [2.75, 3.05) is 0 Å². The SMILES string of the molecule is CC(C)(C)c1ccc([S+](c2ccccc2)c2ccccc2)cc1.O=S(=O)(NS(=O)(=O)C(F)(F)F)C(F)(F)F. The first kappa shape index (κ1) is 31.7. The van der Waals surface area contributed by atoms with Crippen LogP contribution in [0, 0.1) is 0 Å². The van der Waals surface area contributed by atoms with Gasteiger partial charge in [0.25, 0.3) is 0 Å². The minimum Gasteiger partial charge on any atom is -0.202 e. The Morgan fingerprint density at radius 3 is 1.16 bits per heavy atom. The Morgan fingerprint density at radius 2 is 0.868 bits per heavy atom. The van der Waals surface area contributed by atoms with E-state index >= 15 is 0 Å². The highest BCUT2D eigenvalue weighted by Crippen LogP contribution is 2.32. The lowest BCUT2D eigenvalue weighted by Crippen LogP contribution is -2.45. The van der Waals surface area contributed by atoms with Crippen molar-refractivity contribution in [3.05, 3.63) is 90.5 Å². The molecule has 0 aliphatic carbocycles. The summed E-state index contributed by atoms with van der Waals surface area (Å²) < 4.78 is 108. The molecule has 38 heavy (non-hydrogen) atoms. The maximum absolute atomic E-state index is 11.5. The highest BCUT2D eigenvalue weighted by Gasteiger charge is 2.55. The molecule has 0 amide bonds. The lowest BCUT2D eigenvalue weighted by molar-refractivity contribution is -0.0476. The molecule has 0 spiro atoms. The van der Waals surface area contributed by atoms with Crippen LogP contribution in [0.3, 0.4) is 0 Å². The van der Waals surface area contributed by atoms with Crippen LogP contribution in [0.15, 0.2) is 99.6 Å². The minimum atomic E-state index is -6.60. The van der Waals surface area contributed by atoms with E-state index in [0.29, 0.717) is 0 Å². The second-order valence-electron chi connectivity index (χ2n) is 8.69. The fourth-order valence-electron chi connectivity index (χ4n) is 2.85. The summed E-state index contributed by atoms with van der Waals surface area (Å²) in [5.74, 6) is 0. The lowest BCUT2D eigenvalue weighted by Gasteiger charge is -2.19. The standard InChI is InChI=1S/C22H23S.C2HF6NO4S2/c1-22(2,3)18-14-16-21(17-15-18)23(19-10-6-4-7-11-19)20-12-8-5-9-13-20;3-1(4,5)14(10,11)9-15(12,13)2(6,7)8/h4-17H,1-3H3;9H/q+1;. The number of alkyl halides is 6. The Hall–Kier alpha value is -2.55. The van der Waals surface area contributed by atoms with Gasteiger partial charge >= 0.3 is 31.1 Å². The second kappa shape index (κ2) is 11.7. The van der Waals surface area contributed by atoms with Crippen molar-refractivity contribution >= 4 is 30.9 Å². The summed E-state index contributed by atoms with van der Waals surface area (Å²) in [4.78, 5) is 4.10. The molecule has 0 bridgehead atoms. The molecule has 0 radical (unpaired) electrons. The first-order chi connectivity index (χ1) is 17.3. The van der Waals surface area contributed by atoms with Gasteiger partial charge in [0, 0.05) is 0 Å². The summed E-state index contributed by atoms with van der Waals surface area (Å²) in [6.07, 6.45) is 0. The second-order valence-corrected chi connectivity index (χ2v) is 14.3. The van der Waals surface area contributed by atoms with Gasteiger partial charge in [-0.25, -0.2) is 16.8 Å². The molecule has 3 rings (SSSR count). The zero-order chi connectivity index (χ0) is 29.0. The van der Waals surface area contributed by atoms with E-state index in [0.717, 1.165) is 0 Å². The van der Waals surface area contributed by atoms with Crippen LogP contribution in [-0.2, 0) is 36.4 Å². The summed E-state index contributed by atoms with van der Waals surface area (Å²) in [7, 11) is -13.2. The van der Waals surface area contributed by atoms with Crippen molar-refractivity contribution in [2.24, 2.45) is 0 Å². The van der Waals surface area contributed by atoms with E-state index in [1.165, 1.54) is 20.2 Å². The van der Waals surface area contributed by atoms with Crippen molar-refractivity contribution in [1.29, 1.82) is 0 Å². The number of halogens is 6. The van der Waals surface area contributed by atoms with Crippen molar-refractivity contribution in [3.63, 3.8) is 0 Å². The van der Waals surface area contributed by atoms with E-state index in [4.69, 9.17) is 0 Å². The minimum absolute atomic E-state index is 0.0497. The molecule has 0 atom stereocenters. The van der Waals surface area contributed by atoms with E-state index in [9.17, 15) is 43.2 Å². The van der Waals surface area contributed by atoms with Crippen molar-refractivity contribution in [2.45, 2.75) is 51.9 Å². The van der Waals surface area contributed by atoms with Crippen LogP contribution in [0.25, 0.3) is 0 Å². The normalized spacial score (nSPS) is 13.1. The first-order valence-electron chi connectivity index (χ1n) is 10.6. The van der Waals surface area contributed by atoms with Crippen molar-refractivity contribution < 1.29 is 43.2 Å². The Labute approximate surface area is 220 Å². The summed E-state index contributed by atoms with van der Waals surface area (Å²) in [6, 6.07) is 30.7. The summed E-state index contributed by atoms with van der Waals surface area (Å²) in [6.45, 7) is 6.78. The van der Waals surface area contributed by atoms with Gasteiger partial charge in [-0.15, -0.1) is 0 Å². The van der Waals surface area contributed by atoms with Crippen LogP contribution >= 0.6 is 0 Å². The third kappa shape index (κ3) is 8.22. The molecule has 208 valence electrons. The number of nitrogens with one attached hydrogen (secondary N) is 1. The van der Waals surface area contributed by atoms with Gasteiger partial charge in [-0.2, -0.15) is 26.3 Å². The molecule has 14 heteroatoms. The predicted octanol–water partition coefficient (Wildman–Crippen LogP) is 6.35. The molecule has 0 unspecified atom stereocenters. The number of rotatable bonds is 5. The van der Waals surface area contributed by atoms with Gasteiger partial charge in [0.05, 0.1) is 10.9 Å². The largest absolute Gasteiger partial charge is 0.512 e. The lowest BCUT2D eigenvalue weighted by atomic mass is 9.87. The van der Waals surface area contributed by atoms with E-state index < -0.39 is 35.2 Å². The van der Waals surface area contributed by atoms with Crippen molar-refractivity contribution in [3.8, 4) is 0 Å². The quantitative estimate of drug-likeness (QED) is 0.273. The highest BCUT2D eigenvalue weighted by molar-refractivity contribution is 8.05. The molecule has 0 heterocycles. The van der Waals surface area contributed by atoms with Gasteiger partial charge in [-0.3, -0.25) is 0 Å². The number of sulfonamides is 2. The van der Waals surface area contributed by atoms with Crippen LogP contribution in [0.1, 0.15) is 26.3 Å².